The van der Waals surface area contributed by atoms with Gasteiger partial charge in [-0.05, 0) is 41.9 Å². The molecule has 1 aliphatic rings. The Bertz CT molecular complexity index is 557. The number of allylic oxidation sites excluding steroid dienone is 7. The molecule has 1 aromatic rings. The third-order valence-corrected chi connectivity index (χ3v) is 2.86. The van der Waals surface area contributed by atoms with Crippen molar-refractivity contribution in [2.24, 2.45) is 0 Å². The van der Waals surface area contributed by atoms with Crippen LogP contribution in [0.25, 0.3) is 5.57 Å². The molecule has 0 spiro atoms. The van der Waals surface area contributed by atoms with E-state index in [1.807, 2.05) is 37.3 Å². The van der Waals surface area contributed by atoms with E-state index in [9.17, 15) is 0 Å². The van der Waals surface area contributed by atoms with E-state index in [2.05, 4.69) is 42.8 Å². The van der Waals surface area contributed by atoms with Crippen LogP contribution in [0.3, 0.4) is 0 Å². The van der Waals surface area contributed by atoms with Gasteiger partial charge in [0.1, 0.15) is 0 Å². The Morgan fingerprint density at radius 2 is 1.72 bits per heavy atom. The molecule has 0 radical (unpaired) electrons. The fourth-order valence-electron chi connectivity index (χ4n) is 1.98. The molecule has 90 valence electrons. The van der Waals surface area contributed by atoms with Gasteiger partial charge in [-0.25, -0.2) is 0 Å². The van der Waals surface area contributed by atoms with Crippen molar-refractivity contribution in [2.45, 2.75) is 6.92 Å². The molecular weight excluding hydrogens is 218 g/mol. The largest absolute Gasteiger partial charge is 0.359 e. The van der Waals surface area contributed by atoms with Crippen LogP contribution in [0, 0.1) is 0 Å². The molecule has 1 heteroatoms. The first-order chi connectivity index (χ1) is 8.74. The standard InChI is InChI=1S/C17H17N/c1-4-14-12-16(15-9-7-6-8-10-15)11-13(3)18-17(14)5-2/h4-12,18H,1-2H2,3H3. The number of rotatable bonds is 3. The summed E-state index contributed by atoms with van der Waals surface area (Å²) in [5, 5.41) is 3.33. The van der Waals surface area contributed by atoms with Crippen molar-refractivity contribution in [3.8, 4) is 0 Å². The molecule has 1 N–H and O–H groups in total. The van der Waals surface area contributed by atoms with Crippen LogP contribution in [0.1, 0.15) is 12.5 Å². The lowest BCUT2D eigenvalue weighted by Crippen LogP contribution is -2.09. The predicted octanol–water partition coefficient (Wildman–Crippen LogP) is 4.20. The van der Waals surface area contributed by atoms with E-state index in [1.54, 1.807) is 0 Å². The molecule has 0 atom stereocenters. The van der Waals surface area contributed by atoms with Gasteiger partial charge in [-0.2, -0.15) is 0 Å². The van der Waals surface area contributed by atoms with Gasteiger partial charge in [0.05, 0.1) is 0 Å². The van der Waals surface area contributed by atoms with Crippen LogP contribution < -0.4 is 5.32 Å². The van der Waals surface area contributed by atoms with Gasteiger partial charge in [-0.1, -0.05) is 49.6 Å². The molecule has 0 saturated carbocycles. The molecule has 1 aromatic carbocycles. The van der Waals surface area contributed by atoms with E-state index in [-0.39, 0.29) is 0 Å². The summed E-state index contributed by atoms with van der Waals surface area (Å²) >= 11 is 0. The van der Waals surface area contributed by atoms with Crippen molar-refractivity contribution in [3.05, 3.63) is 90.3 Å². The van der Waals surface area contributed by atoms with Crippen molar-refractivity contribution >= 4 is 5.57 Å². The van der Waals surface area contributed by atoms with Crippen molar-refractivity contribution in [1.29, 1.82) is 0 Å². The highest BCUT2D eigenvalue weighted by Gasteiger charge is 2.07. The van der Waals surface area contributed by atoms with Crippen LogP contribution in [-0.4, -0.2) is 0 Å². The molecule has 18 heavy (non-hydrogen) atoms. The summed E-state index contributed by atoms with van der Waals surface area (Å²) in [6.07, 6.45) is 7.93. The predicted molar refractivity (Wildman–Crippen MR) is 78.7 cm³/mol. The summed E-state index contributed by atoms with van der Waals surface area (Å²) < 4.78 is 0. The molecule has 1 heterocycles. The Morgan fingerprint density at radius 1 is 1.00 bits per heavy atom. The van der Waals surface area contributed by atoms with Crippen LogP contribution in [0.5, 0.6) is 0 Å². The maximum Gasteiger partial charge on any atom is 0.0449 e. The molecular formula is C17H17N. The zero-order valence-electron chi connectivity index (χ0n) is 10.6. The third kappa shape index (κ3) is 2.51. The average Bonchev–Trinajstić information content (AvgIpc) is 2.58. The van der Waals surface area contributed by atoms with E-state index in [0.29, 0.717) is 0 Å². The summed E-state index contributed by atoms with van der Waals surface area (Å²) in [6, 6.07) is 10.3. The van der Waals surface area contributed by atoms with Gasteiger partial charge in [0.2, 0.25) is 0 Å². The van der Waals surface area contributed by atoms with E-state index < -0.39 is 0 Å². The van der Waals surface area contributed by atoms with E-state index in [4.69, 9.17) is 0 Å². The van der Waals surface area contributed by atoms with E-state index in [0.717, 1.165) is 17.0 Å². The number of nitrogens with one attached hydrogen (secondary N) is 1. The topological polar surface area (TPSA) is 12.0 Å². The zero-order valence-corrected chi connectivity index (χ0v) is 10.6. The van der Waals surface area contributed by atoms with Gasteiger partial charge < -0.3 is 5.32 Å². The van der Waals surface area contributed by atoms with Gasteiger partial charge in [-0.15, -0.1) is 0 Å². The van der Waals surface area contributed by atoms with Crippen molar-refractivity contribution in [2.75, 3.05) is 0 Å². The van der Waals surface area contributed by atoms with E-state index >= 15 is 0 Å². The van der Waals surface area contributed by atoms with Gasteiger partial charge in [-0.3, -0.25) is 0 Å². The monoisotopic (exact) mass is 235 g/mol. The second-order valence-corrected chi connectivity index (χ2v) is 4.20. The lowest BCUT2D eigenvalue weighted by molar-refractivity contribution is 1.00. The highest BCUT2D eigenvalue weighted by atomic mass is 14.9. The molecule has 2 rings (SSSR count). The Morgan fingerprint density at radius 3 is 2.33 bits per heavy atom. The normalized spacial score (nSPS) is 15.2. The minimum atomic E-state index is 0.990. The lowest BCUT2D eigenvalue weighted by atomic mass is 10.0. The van der Waals surface area contributed by atoms with Gasteiger partial charge in [0.25, 0.3) is 0 Å². The van der Waals surface area contributed by atoms with E-state index in [1.165, 1.54) is 11.1 Å². The van der Waals surface area contributed by atoms with Crippen LogP contribution in [-0.2, 0) is 0 Å². The minimum Gasteiger partial charge on any atom is -0.359 e. The summed E-state index contributed by atoms with van der Waals surface area (Å²) in [5.74, 6) is 0. The molecule has 0 aromatic heterocycles. The lowest BCUT2D eigenvalue weighted by Gasteiger charge is -2.06. The SMILES string of the molecule is C=CC1=C(C=C)NC(C)=CC(c2ccccc2)=C1. The molecule has 0 saturated heterocycles. The Balaban J connectivity index is 2.56. The molecule has 1 aliphatic heterocycles. The third-order valence-electron chi connectivity index (χ3n) is 2.86. The van der Waals surface area contributed by atoms with Gasteiger partial charge in [0, 0.05) is 11.4 Å². The fraction of sp³-hybridized carbons (Fsp3) is 0.0588. The number of benzene rings is 1. The quantitative estimate of drug-likeness (QED) is 0.827. The first-order valence-electron chi connectivity index (χ1n) is 5.96. The van der Waals surface area contributed by atoms with Crippen molar-refractivity contribution in [1.82, 2.24) is 5.32 Å². The molecule has 0 aliphatic carbocycles. The summed E-state index contributed by atoms with van der Waals surface area (Å²) in [4.78, 5) is 0. The summed E-state index contributed by atoms with van der Waals surface area (Å²) in [7, 11) is 0. The van der Waals surface area contributed by atoms with Crippen molar-refractivity contribution < 1.29 is 0 Å². The van der Waals surface area contributed by atoms with Crippen molar-refractivity contribution in [3.63, 3.8) is 0 Å². The molecule has 0 fully saturated rings. The second-order valence-electron chi connectivity index (χ2n) is 4.20. The zero-order chi connectivity index (χ0) is 13.0. The highest BCUT2D eigenvalue weighted by molar-refractivity contribution is 5.78. The number of hydrogen-bond acceptors (Lipinski definition) is 1. The molecule has 0 amide bonds. The first kappa shape index (κ1) is 12.2. The maximum atomic E-state index is 3.86. The van der Waals surface area contributed by atoms with Crippen LogP contribution >= 0.6 is 0 Å². The summed E-state index contributed by atoms with van der Waals surface area (Å²) in [5.41, 5.74) is 5.51. The Kier molecular flexibility index (Phi) is 3.63. The Labute approximate surface area is 109 Å². The van der Waals surface area contributed by atoms with Gasteiger partial charge >= 0.3 is 0 Å². The van der Waals surface area contributed by atoms with Crippen LogP contribution in [0.2, 0.25) is 0 Å². The minimum absolute atomic E-state index is 0.990. The average molecular weight is 235 g/mol. The first-order valence-corrected chi connectivity index (χ1v) is 5.96. The second kappa shape index (κ2) is 5.37. The molecule has 1 nitrogen and oxygen atoms in total. The van der Waals surface area contributed by atoms with Crippen LogP contribution in [0.4, 0.5) is 0 Å². The molecule has 0 unspecified atom stereocenters. The number of hydrogen-bond donors (Lipinski definition) is 1. The Hall–Kier alpha value is -2.28. The van der Waals surface area contributed by atoms with Gasteiger partial charge in [0.15, 0.2) is 0 Å². The maximum absolute atomic E-state index is 3.86. The van der Waals surface area contributed by atoms with Crippen LogP contribution in [0.15, 0.2) is 84.8 Å². The molecule has 0 bridgehead atoms. The smallest absolute Gasteiger partial charge is 0.0449 e. The highest BCUT2D eigenvalue weighted by Crippen LogP contribution is 2.23. The summed E-state index contributed by atoms with van der Waals surface area (Å²) in [6.45, 7) is 9.74. The fourth-order valence-corrected chi connectivity index (χ4v) is 1.98.